The second-order valence-corrected chi connectivity index (χ2v) is 3.71. The highest BCUT2D eigenvalue weighted by Crippen LogP contribution is 2.04. The third kappa shape index (κ3) is 3.30. The fraction of sp³-hybridized carbons (Fsp3) is 0.364. The molecule has 18 heavy (non-hydrogen) atoms. The van der Waals surface area contributed by atoms with Crippen LogP contribution in [0.25, 0.3) is 0 Å². The Morgan fingerprint density at radius 3 is 2.39 bits per heavy atom. The van der Waals surface area contributed by atoms with Crippen molar-refractivity contribution in [3.63, 3.8) is 0 Å². The molecule has 0 aliphatic carbocycles. The summed E-state index contributed by atoms with van der Waals surface area (Å²) in [6, 6.07) is 6.85. The SMILES string of the molecule is CCN(CC)C(=O)c1cccc(B(ON)ON)c1. The predicted octanol–water partition coefficient (Wildman–Crippen LogP) is -0.356. The van der Waals surface area contributed by atoms with Crippen molar-refractivity contribution in [2.75, 3.05) is 13.1 Å². The summed E-state index contributed by atoms with van der Waals surface area (Å²) >= 11 is 0. The molecule has 1 aromatic rings. The highest BCUT2D eigenvalue weighted by molar-refractivity contribution is 6.61. The molecule has 4 N–H and O–H groups in total. The maximum Gasteiger partial charge on any atom is 0.528 e. The first-order chi connectivity index (χ1) is 8.67. The zero-order chi connectivity index (χ0) is 13.5. The lowest BCUT2D eigenvalue weighted by Crippen LogP contribution is -2.42. The molecule has 0 radical (unpaired) electrons. The van der Waals surface area contributed by atoms with Gasteiger partial charge in [-0.05, 0) is 31.4 Å². The molecule has 6 nitrogen and oxygen atoms in total. The Morgan fingerprint density at radius 1 is 1.28 bits per heavy atom. The molecule has 1 aromatic carbocycles. The van der Waals surface area contributed by atoms with Gasteiger partial charge in [0, 0.05) is 18.7 Å². The van der Waals surface area contributed by atoms with Gasteiger partial charge in [0.15, 0.2) is 0 Å². The molecule has 98 valence electrons. The number of benzene rings is 1. The number of hydrogen-bond acceptors (Lipinski definition) is 5. The molecule has 0 bridgehead atoms. The van der Waals surface area contributed by atoms with Gasteiger partial charge < -0.3 is 14.4 Å². The van der Waals surface area contributed by atoms with E-state index in [2.05, 4.69) is 9.51 Å². The molecule has 0 spiro atoms. The lowest BCUT2D eigenvalue weighted by atomic mass is 9.79. The minimum absolute atomic E-state index is 0.0466. The second-order valence-electron chi connectivity index (χ2n) is 3.71. The summed E-state index contributed by atoms with van der Waals surface area (Å²) in [7, 11) is -0.880. The van der Waals surface area contributed by atoms with Gasteiger partial charge in [0.1, 0.15) is 0 Å². The highest BCUT2D eigenvalue weighted by Gasteiger charge is 2.21. The molecule has 0 saturated carbocycles. The minimum atomic E-state index is -0.880. The fourth-order valence-corrected chi connectivity index (χ4v) is 1.70. The van der Waals surface area contributed by atoms with Crippen molar-refractivity contribution in [1.82, 2.24) is 4.90 Å². The number of carbonyl (C=O) groups is 1. The van der Waals surface area contributed by atoms with Gasteiger partial charge in [-0.1, -0.05) is 12.1 Å². The second kappa shape index (κ2) is 7.12. The van der Waals surface area contributed by atoms with E-state index in [1.54, 1.807) is 29.2 Å². The topological polar surface area (TPSA) is 90.8 Å². The van der Waals surface area contributed by atoms with Crippen LogP contribution in [0.3, 0.4) is 0 Å². The standard InChI is InChI=1S/C11H18BN3O3/c1-3-15(4-2)11(16)9-6-5-7-10(8-9)12(17-13)18-14/h5-8H,3-4,13-14H2,1-2H3. The molecule has 0 atom stereocenters. The first kappa shape index (κ1) is 14.7. The molecular weight excluding hydrogens is 233 g/mol. The number of nitrogens with two attached hydrogens (primary N) is 2. The third-order valence-corrected chi connectivity index (χ3v) is 2.70. The average Bonchev–Trinajstić information content (AvgIpc) is 2.42. The monoisotopic (exact) mass is 251 g/mol. The molecule has 0 heterocycles. The van der Waals surface area contributed by atoms with Crippen molar-refractivity contribution >= 4 is 18.5 Å². The molecule has 7 heteroatoms. The van der Waals surface area contributed by atoms with Gasteiger partial charge in [-0.25, -0.2) is 11.8 Å². The van der Waals surface area contributed by atoms with E-state index in [4.69, 9.17) is 11.8 Å². The van der Waals surface area contributed by atoms with E-state index in [9.17, 15) is 4.79 Å². The largest absolute Gasteiger partial charge is 0.528 e. The molecule has 0 fully saturated rings. The Morgan fingerprint density at radius 2 is 1.89 bits per heavy atom. The summed E-state index contributed by atoms with van der Waals surface area (Å²) < 4.78 is 9.12. The molecule has 0 aliphatic rings. The van der Waals surface area contributed by atoms with Gasteiger partial charge in [-0.3, -0.25) is 4.79 Å². The molecule has 0 aliphatic heterocycles. The summed E-state index contributed by atoms with van der Waals surface area (Å²) in [6.45, 7) is 5.17. The fourth-order valence-electron chi connectivity index (χ4n) is 1.70. The van der Waals surface area contributed by atoms with E-state index >= 15 is 0 Å². The minimum Gasteiger partial charge on any atom is -0.339 e. The first-order valence-corrected chi connectivity index (χ1v) is 5.78. The van der Waals surface area contributed by atoms with E-state index < -0.39 is 7.12 Å². The van der Waals surface area contributed by atoms with E-state index in [0.29, 0.717) is 24.1 Å². The van der Waals surface area contributed by atoms with E-state index in [1.165, 1.54) is 0 Å². The predicted molar refractivity (Wildman–Crippen MR) is 69.6 cm³/mol. The van der Waals surface area contributed by atoms with Crippen LogP contribution in [0.2, 0.25) is 0 Å². The number of rotatable bonds is 6. The average molecular weight is 251 g/mol. The van der Waals surface area contributed by atoms with Crippen molar-refractivity contribution in [3.8, 4) is 0 Å². The Hall–Kier alpha value is -1.41. The van der Waals surface area contributed by atoms with Crippen molar-refractivity contribution in [2.45, 2.75) is 13.8 Å². The quantitative estimate of drug-likeness (QED) is 0.532. The molecule has 0 saturated heterocycles. The summed E-state index contributed by atoms with van der Waals surface area (Å²) in [4.78, 5) is 13.9. The first-order valence-electron chi connectivity index (χ1n) is 5.78. The van der Waals surface area contributed by atoms with Gasteiger partial charge >= 0.3 is 7.12 Å². The van der Waals surface area contributed by atoms with Crippen LogP contribution in [0.1, 0.15) is 24.2 Å². The smallest absolute Gasteiger partial charge is 0.339 e. The summed E-state index contributed by atoms with van der Waals surface area (Å²) in [6.07, 6.45) is 0. The zero-order valence-corrected chi connectivity index (χ0v) is 10.6. The zero-order valence-electron chi connectivity index (χ0n) is 10.6. The molecule has 1 rings (SSSR count). The van der Waals surface area contributed by atoms with Crippen molar-refractivity contribution in [2.24, 2.45) is 11.8 Å². The van der Waals surface area contributed by atoms with Gasteiger partial charge in [-0.15, -0.1) is 0 Å². The number of hydrogen-bond donors (Lipinski definition) is 2. The van der Waals surface area contributed by atoms with Crippen LogP contribution in [-0.2, 0) is 9.51 Å². The molecule has 1 amide bonds. The van der Waals surface area contributed by atoms with Crippen molar-refractivity contribution < 1.29 is 14.3 Å². The summed E-state index contributed by atoms with van der Waals surface area (Å²) in [5.74, 6) is 10.1. The lowest BCUT2D eigenvalue weighted by molar-refractivity contribution is 0.0773. The van der Waals surface area contributed by atoms with Crippen molar-refractivity contribution in [1.29, 1.82) is 0 Å². The van der Waals surface area contributed by atoms with Crippen LogP contribution < -0.4 is 17.3 Å². The number of carbonyl (C=O) groups excluding carboxylic acids is 1. The molecule has 0 unspecified atom stereocenters. The summed E-state index contributed by atoms with van der Waals surface area (Å²) in [5.41, 5.74) is 1.15. The van der Waals surface area contributed by atoms with Crippen LogP contribution in [0, 0.1) is 0 Å². The maximum absolute atomic E-state index is 12.1. The van der Waals surface area contributed by atoms with E-state index in [1.807, 2.05) is 13.8 Å². The van der Waals surface area contributed by atoms with Gasteiger partial charge in [0.25, 0.3) is 5.91 Å². The Bertz CT molecular complexity index is 395. The van der Waals surface area contributed by atoms with Crippen LogP contribution >= 0.6 is 0 Å². The van der Waals surface area contributed by atoms with Crippen molar-refractivity contribution in [3.05, 3.63) is 29.8 Å². The highest BCUT2D eigenvalue weighted by atomic mass is 16.7. The molecule has 0 aromatic heterocycles. The van der Waals surface area contributed by atoms with Gasteiger partial charge in [-0.2, -0.15) is 0 Å². The van der Waals surface area contributed by atoms with E-state index in [0.717, 1.165) is 0 Å². The normalized spacial score (nSPS) is 10.2. The Balaban J connectivity index is 2.97. The Kier molecular flexibility index (Phi) is 5.80. The maximum atomic E-state index is 12.1. The number of amides is 1. The summed E-state index contributed by atoms with van der Waals surface area (Å²) in [5, 5.41) is 0. The number of nitrogens with zero attached hydrogens (tertiary/aromatic N) is 1. The van der Waals surface area contributed by atoms with Crippen LogP contribution in [-0.4, -0.2) is 31.0 Å². The van der Waals surface area contributed by atoms with Crippen LogP contribution in [0.15, 0.2) is 24.3 Å². The lowest BCUT2D eigenvalue weighted by Gasteiger charge is -2.19. The third-order valence-electron chi connectivity index (χ3n) is 2.70. The molecular formula is C11H18BN3O3. The van der Waals surface area contributed by atoms with E-state index in [-0.39, 0.29) is 5.91 Å². The Labute approximate surface area is 107 Å². The van der Waals surface area contributed by atoms with Crippen LogP contribution in [0.4, 0.5) is 0 Å². The van der Waals surface area contributed by atoms with Gasteiger partial charge in [0.2, 0.25) is 0 Å². The van der Waals surface area contributed by atoms with Crippen LogP contribution in [0.5, 0.6) is 0 Å². The van der Waals surface area contributed by atoms with Gasteiger partial charge in [0.05, 0.1) is 0 Å².